The molecular formula is C8H12O2. The fourth-order valence-corrected chi connectivity index (χ4v) is 1.91. The molecule has 2 rings (SSSR count). The summed E-state index contributed by atoms with van der Waals surface area (Å²) < 4.78 is 5.29. The van der Waals surface area contributed by atoms with Gasteiger partial charge in [-0.1, -0.05) is 6.42 Å². The zero-order valence-corrected chi connectivity index (χ0v) is 6.01. The number of rotatable bonds is 0. The molecule has 1 aliphatic heterocycles. The molecule has 0 aromatic heterocycles. The summed E-state index contributed by atoms with van der Waals surface area (Å²) in [4.78, 5) is 11.3. The van der Waals surface area contributed by atoms with E-state index in [2.05, 4.69) is 0 Å². The molecule has 0 aromatic rings. The fraction of sp³-hybridized carbons (Fsp3) is 0.875. The number of fused-ring (bicyclic) bond motifs is 2. The highest BCUT2D eigenvalue weighted by atomic mass is 16.5. The van der Waals surface area contributed by atoms with Gasteiger partial charge in [-0.25, -0.2) is 0 Å². The van der Waals surface area contributed by atoms with Gasteiger partial charge in [0.25, 0.3) is 0 Å². The Kier molecular flexibility index (Phi) is 1.49. The molecule has 1 aliphatic carbocycles. The average Bonchev–Trinajstić information content (AvgIpc) is 1.86. The Labute approximate surface area is 60.6 Å². The topological polar surface area (TPSA) is 26.3 Å². The first-order valence-electron chi connectivity index (χ1n) is 3.99. The van der Waals surface area contributed by atoms with E-state index in [0.29, 0.717) is 19.0 Å². The molecule has 1 saturated carbocycles. The van der Waals surface area contributed by atoms with Crippen molar-refractivity contribution in [2.24, 2.45) is 11.8 Å². The van der Waals surface area contributed by atoms with E-state index in [4.69, 9.17) is 4.74 Å². The highest BCUT2D eigenvalue weighted by Crippen LogP contribution is 2.29. The summed E-state index contributed by atoms with van der Waals surface area (Å²) in [6.45, 7) is 1.38. The number of carbonyl (C=O) groups is 1. The summed E-state index contributed by atoms with van der Waals surface area (Å²) >= 11 is 0. The first-order valence-corrected chi connectivity index (χ1v) is 3.99. The van der Waals surface area contributed by atoms with E-state index >= 15 is 0 Å². The van der Waals surface area contributed by atoms with Crippen LogP contribution in [0, 0.1) is 11.8 Å². The van der Waals surface area contributed by atoms with E-state index in [0.717, 1.165) is 12.8 Å². The summed E-state index contributed by atoms with van der Waals surface area (Å²) in [5, 5.41) is 0. The molecule has 0 unspecified atom stereocenters. The van der Waals surface area contributed by atoms with Gasteiger partial charge < -0.3 is 4.74 Å². The summed E-state index contributed by atoms with van der Waals surface area (Å²) in [7, 11) is 0. The van der Waals surface area contributed by atoms with Crippen molar-refractivity contribution in [3.8, 4) is 0 Å². The van der Waals surface area contributed by atoms with Gasteiger partial charge in [0.2, 0.25) is 0 Å². The van der Waals surface area contributed by atoms with Gasteiger partial charge in [0.05, 0.1) is 13.2 Å². The van der Waals surface area contributed by atoms with Crippen molar-refractivity contribution in [1.82, 2.24) is 0 Å². The van der Waals surface area contributed by atoms with Gasteiger partial charge in [0, 0.05) is 11.8 Å². The van der Waals surface area contributed by atoms with Gasteiger partial charge in [-0.2, -0.15) is 0 Å². The number of ketones is 1. The highest BCUT2D eigenvalue weighted by molar-refractivity contribution is 5.84. The molecule has 2 nitrogen and oxygen atoms in total. The number of hydrogen-bond acceptors (Lipinski definition) is 2. The van der Waals surface area contributed by atoms with Gasteiger partial charge in [-0.15, -0.1) is 0 Å². The van der Waals surface area contributed by atoms with Crippen LogP contribution in [-0.2, 0) is 9.53 Å². The lowest BCUT2D eigenvalue weighted by Gasteiger charge is -2.32. The SMILES string of the molecule is O=C1[C@@H]2CCC[C@H]1COC2. The van der Waals surface area contributed by atoms with Crippen LogP contribution in [0.4, 0.5) is 0 Å². The zero-order valence-electron chi connectivity index (χ0n) is 6.01. The van der Waals surface area contributed by atoms with Gasteiger partial charge in [-0.05, 0) is 12.8 Å². The van der Waals surface area contributed by atoms with Gasteiger partial charge in [0.1, 0.15) is 5.78 Å². The van der Waals surface area contributed by atoms with Crippen LogP contribution in [0.15, 0.2) is 0 Å². The molecule has 2 heteroatoms. The summed E-state index contributed by atoms with van der Waals surface area (Å²) in [5.41, 5.74) is 0. The second kappa shape index (κ2) is 2.35. The minimum absolute atomic E-state index is 0.257. The molecular weight excluding hydrogens is 128 g/mol. The Morgan fingerprint density at radius 3 is 2.30 bits per heavy atom. The Bertz CT molecular complexity index is 129. The lowest BCUT2D eigenvalue weighted by molar-refractivity contribution is -0.140. The van der Waals surface area contributed by atoms with Crippen LogP contribution in [-0.4, -0.2) is 19.0 Å². The van der Waals surface area contributed by atoms with Crippen molar-refractivity contribution in [3.63, 3.8) is 0 Å². The number of ether oxygens (including phenoxy) is 1. The van der Waals surface area contributed by atoms with E-state index in [1.165, 1.54) is 6.42 Å². The largest absolute Gasteiger partial charge is 0.380 e. The van der Waals surface area contributed by atoms with Crippen molar-refractivity contribution in [3.05, 3.63) is 0 Å². The number of Topliss-reactive ketones (excluding diaryl/α,β-unsaturated/α-hetero) is 1. The highest BCUT2D eigenvalue weighted by Gasteiger charge is 2.34. The Morgan fingerprint density at radius 1 is 1.20 bits per heavy atom. The summed E-state index contributed by atoms with van der Waals surface area (Å²) in [6.07, 6.45) is 3.36. The number of hydrogen-bond donors (Lipinski definition) is 0. The first kappa shape index (κ1) is 6.35. The van der Waals surface area contributed by atoms with Crippen LogP contribution in [0.1, 0.15) is 19.3 Å². The minimum Gasteiger partial charge on any atom is -0.380 e. The van der Waals surface area contributed by atoms with Crippen molar-refractivity contribution < 1.29 is 9.53 Å². The molecule has 1 heterocycles. The van der Waals surface area contributed by atoms with Crippen LogP contribution in [0.3, 0.4) is 0 Å². The summed E-state index contributed by atoms with van der Waals surface area (Å²) in [5.74, 6) is 0.984. The maximum absolute atomic E-state index is 11.3. The molecule has 0 spiro atoms. The maximum atomic E-state index is 11.3. The van der Waals surface area contributed by atoms with Crippen molar-refractivity contribution in [1.29, 1.82) is 0 Å². The fourth-order valence-electron chi connectivity index (χ4n) is 1.91. The minimum atomic E-state index is 0.257. The molecule has 2 bridgehead atoms. The van der Waals surface area contributed by atoms with Crippen LogP contribution in [0.5, 0.6) is 0 Å². The maximum Gasteiger partial charge on any atom is 0.143 e. The second-order valence-corrected chi connectivity index (χ2v) is 3.26. The van der Waals surface area contributed by atoms with Gasteiger partial charge in [0.15, 0.2) is 0 Å². The third kappa shape index (κ3) is 0.870. The van der Waals surface area contributed by atoms with Crippen molar-refractivity contribution >= 4 is 5.78 Å². The van der Waals surface area contributed by atoms with Crippen molar-refractivity contribution in [2.75, 3.05) is 13.2 Å². The average molecular weight is 140 g/mol. The molecule has 0 amide bonds. The van der Waals surface area contributed by atoms with Crippen molar-refractivity contribution in [2.45, 2.75) is 19.3 Å². The third-order valence-corrected chi connectivity index (χ3v) is 2.55. The van der Waals surface area contributed by atoms with Crippen LogP contribution in [0.25, 0.3) is 0 Å². The second-order valence-electron chi connectivity index (χ2n) is 3.26. The first-order chi connectivity index (χ1) is 4.88. The van der Waals surface area contributed by atoms with E-state index in [1.807, 2.05) is 0 Å². The van der Waals surface area contributed by atoms with Crippen LogP contribution < -0.4 is 0 Å². The number of carbonyl (C=O) groups excluding carboxylic acids is 1. The standard InChI is InChI=1S/C8H12O2/c9-8-6-2-1-3-7(8)5-10-4-6/h6-7H,1-5H2/t6-,7+. The quantitative estimate of drug-likeness (QED) is 0.501. The zero-order chi connectivity index (χ0) is 6.97. The Balaban J connectivity index is 2.12. The predicted octanol–water partition coefficient (Wildman–Crippen LogP) is 1.00. The molecule has 0 N–H and O–H groups in total. The Morgan fingerprint density at radius 2 is 1.80 bits per heavy atom. The lowest BCUT2D eigenvalue weighted by atomic mass is 9.79. The lowest BCUT2D eigenvalue weighted by Crippen LogP contribution is -2.39. The monoisotopic (exact) mass is 140 g/mol. The molecule has 1 saturated heterocycles. The molecule has 56 valence electrons. The van der Waals surface area contributed by atoms with Crippen LogP contribution >= 0.6 is 0 Å². The van der Waals surface area contributed by atoms with Gasteiger partial charge in [-0.3, -0.25) is 4.79 Å². The van der Waals surface area contributed by atoms with Crippen LogP contribution in [0.2, 0.25) is 0 Å². The molecule has 0 radical (unpaired) electrons. The molecule has 2 aliphatic rings. The van der Waals surface area contributed by atoms with E-state index < -0.39 is 0 Å². The van der Waals surface area contributed by atoms with E-state index in [-0.39, 0.29) is 11.8 Å². The third-order valence-electron chi connectivity index (χ3n) is 2.55. The smallest absolute Gasteiger partial charge is 0.143 e. The van der Waals surface area contributed by atoms with Gasteiger partial charge >= 0.3 is 0 Å². The molecule has 2 fully saturated rings. The predicted molar refractivity (Wildman–Crippen MR) is 36.7 cm³/mol. The summed E-state index contributed by atoms with van der Waals surface area (Å²) in [6, 6.07) is 0. The van der Waals surface area contributed by atoms with E-state index in [9.17, 15) is 4.79 Å². The molecule has 10 heavy (non-hydrogen) atoms. The van der Waals surface area contributed by atoms with E-state index in [1.54, 1.807) is 0 Å². The molecule has 2 atom stereocenters. The molecule has 0 aromatic carbocycles. The Hall–Kier alpha value is -0.370. The normalized spacial score (nSPS) is 39.8.